The highest BCUT2D eigenvalue weighted by atomic mass is 35.5. The quantitative estimate of drug-likeness (QED) is 0.249. The highest BCUT2D eigenvalue weighted by molar-refractivity contribution is 6.43. The van der Waals surface area contributed by atoms with Gasteiger partial charge in [0.1, 0.15) is 5.75 Å². The van der Waals surface area contributed by atoms with Crippen LogP contribution in [-0.2, 0) is 16.3 Å². The maximum atomic E-state index is 12.4. The van der Waals surface area contributed by atoms with E-state index in [-0.39, 0.29) is 24.2 Å². The molecule has 0 atom stereocenters. The summed E-state index contributed by atoms with van der Waals surface area (Å²) in [5.41, 5.74) is 1.46. The zero-order valence-electron chi connectivity index (χ0n) is 21.3. The van der Waals surface area contributed by atoms with E-state index in [2.05, 4.69) is 9.80 Å². The number of carbonyl (C=O) groups excluding carboxylic acids is 1. The second-order valence-corrected chi connectivity index (χ2v) is 10.3. The van der Waals surface area contributed by atoms with Crippen LogP contribution in [0.25, 0.3) is 10.9 Å². The Hall–Kier alpha value is -2.74. The van der Waals surface area contributed by atoms with Crippen LogP contribution >= 0.6 is 23.2 Å². The molecule has 1 aliphatic heterocycles. The molecule has 0 bridgehead atoms. The molecule has 0 spiro atoms. The Bertz CT molecular complexity index is 1290. The number of aromatic nitrogens is 1. The van der Waals surface area contributed by atoms with Crippen LogP contribution < -0.4 is 15.2 Å². The van der Waals surface area contributed by atoms with E-state index in [0.717, 1.165) is 56.6 Å². The molecular weight excluding hydrogens is 513 g/mol. The molecular formula is C28H33Cl2N3O4. The van der Waals surface area contributed by atoms with E-state index in [9.17, 15) is 9.59 Å². The van der Waals surface area contributed by atoms with Crippen LogP contribution in [-0.4, -0.2) is 54.8 Å². The van der Waals surface area contributed by atoms with Gasteiger partial charge in [0.2, 0.25) is 0 Å². The van der Waals surface area contributed by atoms with Crippen LogP contribution in [0.1, 0.15) is 26.7 Å². The zero-order valence-corrected chi connectivity index (χ0v) is 22.8. The van der Waals surface area contributed by atoms with Crippen molar-refractivity contribution in [1.82, 2.24) is 9.47 Å². The molecule has 1 aliphatic rings. The molecule has 0 amide bonds. The predicted molar refractivity (Wildman–Crippen MR) is 149 cm³/mol. The van der Waals surface area contributed by atoms with Gasteiger partial charge < -0.3 is 14.4 Å². The van der Waals surface area contributed by atoms with Gasteiger partial charge in [-0.2, -0.15) is 0 Å². The number of rotatable bonds is 10. The molecule has 2 aromatic carbocycles. The minimum Gasteiger partial charge on any atom is -0.494 e. The van der Waals surface area contributed by atoms with Gasteiger partial charge in [-0.15, -0.1) is 0 Å². The summed E-state index contributed by atoms with van der Waals surface area (Å²) in [5, 5.41) is 2.09. The van der Waals surface area contributed by atoms with Crippen molar-refractivity contribution in [2.45, 2.75) is 33.4 Å². The number of unbranched alkanes of at least 4 members (excludes halogenated alkanes) is 1. The summed E-state index contributed by atoms with van der Waals surface area (Å²) in [4.78, 5) is 29.0. The second kappa shape index (κ2) is 12.7. The lowest BCUT2D eigenvalue weighted by atomic mass is 10.2. The van der Waals surface area contributed by atoms with Gasteiger partial charge in [-0.05, 0) is 55.1 Å². The molecule has 4 rings (SSSR count). The molecule has 0 unspecified atom stereocenters. The minimum atomic E-state index is -0.342. The van der Waals surface area contributed by atoms with E-state index < -0.39 is 0 Å². The summed E-state index contributed by atoms with van der Waals surface area (Å²) in [5.74, 6) is 0.0925. The van der Waals surface area contributed by atoms with Crippen LogP contribution in [0.4, 0.5) is 5.69 Å². The first kappa shape index (κ1) is 27.3. The van der Waals surface area contributed by atoms with Gasteiger partial charge in [-0.25, -0.2) is 0 Å². The molecule has 7 nitrogen and oxygen atoms in total. The van der Waals surface area contributed by atoms with Crippen molar-refractivity contribution in [3.63, 3.8) is 0 Å². The monoisotopic (exact) mass is 545 g/mol. The minimum absolute atomic E-state index is 0.118. The SMILES string of the molecule is CC(C)C(=O)OCn1c(=O)ccc2ccc(OCCCCN3CCN(c4cccc(Cl)c4Cl)CC3)cc21. The van der Waals surface area contributed by atoms with Crippen molar-refractivity contribution in [2.75, 3.05) is 44.2 Å². The van der Waals surface area contributed by atoms with Gasteiger partial charge in [-0.3, -0.25) is 19.1 Å². The highest BCUT2D eigenvalue weighted by Crippen LogP contribution is 2.32. The van der Waals surface area contributed by atoms with Gasteiger partial charge in [0, 0.05) is 38.3 Å². The summed E-state index contributed by atoms with van der Waals surface area (Å²) in [6.07, 6.45) is 1.95. The fourth-order valence-corrected chi connectivity index (χ4v) is 4.78. The van der Waals surface area contributed by atoms with E-state index in [1.807, 2.05) is 36.4 Å². The fourth-order valence-electron chi connectivity index (χ4n) is 4.36. The smallest absolute Gasteiger partial charge is 0.310 e. The van der Waals surface area contributed by atoms with Crippen LogP contribution in [0.15, 0.2) is 53.3 Å². The van der Waals surface area contributed by atoms with E-state index in [1.54, 1.807) is 19.9 Å². The lowest BCUT2D eigenvalue weighted by Crippen LogP contribution is -2.46. The van der Waals surface area contributed by atoms with Gasteiger partial charge in [0.05, 0.1) is 33.8 Å². The van der Waals surface area contributed by atoms with Crippen LogP contribution in [0.3, 0.4) is 0 Å². The molecule has 1 saturated heterocycles. The van der Waals surface area contributed by atoms with E-state index in [4.69, 9.17) is 32.7 Å². The van der Waals surface area contributed by atoms with Crippen molar-refractivity contribution in [1.29, 1.82) is 0 Å². The molecule has 1 aromatic heterocycles. The number of carbonyl (C=O) groups is 1. The molecule has 0 saturated carbocycles. The molecule has 0 aliphatic carbocycles. The number of benzene rings is 2. The Labute approximate surface area is 227 Å². The molecule has 9 heteroatoms. The number of ether oxygens (including phenoxy) is 2. The lowest BCUT2D eigenvalue weighted by Gasteiger charge is -2.36. The largest absolute Gasteiger partial charge is 0.494 e. The van der Waals surface area contributed by atoms with Crippen molar-refractivity contribution >= 4 is 45.8 Å². The Morgan fingerprint density at radius 3 is 2.51 bits per heavy atom. The summed E-state index contributed by atoms with van der Waals surface area (Å²) in [7, 11) is 0. The first-order valence-electron chi connectivity index (χ1n) is 12.7. The number of halogens is 2. The number of hydrogen-bond donors (Lipinski definition) is 0. The van der Waals surface area contributed by atoms with Gasteiger partial charge in [-0.1, -0.05) is 43.1 Å². The van der Waals surface area contributed by atoms with Crippen LogP contribution in [0.5, 0.6) is 5.75 Å². The first-order valence-corrected chi connectivity index (χ1v) is 13.4. The molecule has 0 N–H and O–H groups in total. The first-order chi connectivity index (χ1) is 17.8. The molecule has 0 radical (unpaired) electrons. The number of esters is 1. The van der Waals surface area contributed by atoms with E-state index in [0.29, 0.717) is 27.9 Å². The van der Waals surface area contributed by atoms with Gasteiger partial charge >= 0.3 is 5.97 Å². The Morgan fingerprint density at radius 2 is 1.76 bits per heavy atom. The average molecular weight is 546 g/mol. The fraction of sp³-hybridized carbons (Fsp3) is 0.429. The maximum Gasteiger partial charge on any atom is 0.310 e. The maximum absolute atomic E-state index is 12.4. The Morgan fingerprint density at radius 1 is 1.00 bits per heavy atom. The number of nitrogens with zero attached hydrogens (tertiary/aromatic N) is 3. The summed E-state index contributed by atoms with van der Waals surface area (Å²) < 4.78 is 12.7. The number of pyridine rings is 1. The van der Waals surface area contributed by atoms with Crippen molar-refractivity contribution < 1.29 is 14.3 Å². The number of anilines is 1. The standard InChI is InChI=1S/C28H33Cl2N3O4/c1-20(2)28(35)37-19-33-25-18-22(10-8-21(25)9-11-26(33)34)36-17-4-3-12-31-13-15-32(16-14-31)24-7-5-6-23(29)27(24)30/h5-11,18,20H,3-4,12-17,19H2,1-2H3. The average Bonchev–Trinajstić information content (AvgIpc) is 2.89. The van der Waals surface area contributed by atoms with Gasteiger partial charge in [0.15, 0.2) is 6.73 Å². The Balaban J connectivity index is 1.24. The zero-order chi connectivity index (χ0) is 26.4. The topological polar surface area (TPSA) is 64.0 Å². The summed E-state index contributed by atoms with van der Waals surface area (Å²) in [6.45, 7) is 8.80. The van der Waals surface area contributed by atoms with Crippen LogP contribution in [0, 0.1) is 5.92 Å². The van der Waals surface area contributed by atoms with Gasteiger partial charge in [0.25, 0.3) is 5.56 Å². The number of fused-ring (bicyclic) bond motifs is 1. The number of piperazine rings is 1. The van der Waals surface area contributed by atoms with E-state index in [1.165, 1.54) is 10.6 Å². The molecule has 198 valence electrons. The molecule has 37 heavy (non-hydrogen) atoms. The van der Waals surface area contributed by atoms with Crippen LogP contribution in [0.2, 0.25) is 10.0 Å². The highest BCUT2D eigenvalue weighted by Gasteiger charge is 2.19. The third kappa shape index (κ3) is 6.98. The Kier molecular flexibility index (Phi) is 9.35. The lowest BCUT2D eigenvalue weighted by molar-refractivity contribution is -0.151. The van der Waals surface area contributed by atoms with Crippen molar-refractivity contribution in [3.8, 4) is 5.75 Å². The van der Waals surface area contributed by atoms with E-state index >= 15 is 0 Å². The predicted octanol–water partition coefficient (Wildman–Crippen LogP) is 5.45. The van der Waals surface area contributed by atoms with Crippen molar-refractivity contribution in [2.24, 2.45) is 5.92 Å². The third-order valence-electron chi connectivity index (χ3n) is 6.55. The molecule has 2 heterocycles. The second-order valence-electron chi connectivity index (χ2n) is 9.52. The number of hydrogen-bond acceptors (Lipinski definition) is 6. The summed E-state index contributed by atoms with van der Waals surface area (Å²) in [6, 6.07) is 14.7. The van der Waals surface area contributed by atoms with Crippen molar-refractivity contribution in [3.05, 3.63) is 68.9 Å². The normalized spacial score (nSPS) is 14.4. The molecule has 1 fully saturated rings. The third-order valence-corrected chi connectivity index (χ3v) is 7.36. The molecule has 3 aromatic rings. The summed E-state index contributed by atoms with van der Waals surface area (Å²) >= 11 is 12.6.